The summed E-state index contributed by atoms with van der Waals surface area (Å²) in [5, 5.41) is 0. The molecule has 1 aliphatic carbocycles. The summed E-state index contributed by atoms with van der Waals surface area (Å²) in [6, 6.07) is 0. The number of allylic oxidation sites excluding steroid dienone is 2. The summed E-state index contributed by atoms with van der Waals surface area (Å²) in [7, 11) is 0. The Labute approximate surface area is 63.1 Å². The number of Topliss-reactive ketones (excluding diaryl/α,β-unsaturated/α-hetero) is 1. The van der Waals surface area contributed by atoms with Crippen LogP contribution in [0.25, 0.3) is 0 Å². The molecule has 0 aliphatic heterocycles. The van der Waals surface area contributed by atoms with Crippen molar-refractivity contribution in [1.82, 2.24) is 0 Å². The lowest BCUT2D eigenvalue weighted by Crippen LogP contribution is -1.97. The number of carbonyl (C=O) groups is 1. The van der Waals surface area contributed by atoms with Crippen molar-refractivity contribution in [3.05, 3.63) is 12.2 Å². The summed E-state index contributed by atoms with van der Waals surface area (Å²) in [6.07, 6.45) is 8.93. The summed E-state index contributed by atoms with van der Waals surface area (Å²) in [4.78, 5) is 10.8. The fourth-order valence-corrected chi connectivity index (χ4v) is 1.02. The van der Waals surface area contributed by atoms with E-state index < -0.39 is 0 Å². The molecule has 0 saturated carbocycles. The molecule has 1 aliphatic rings. The van der Waals surface area contributed by atoms with E-state index in [1.54, 1.807) is 0 Å². The number of hydrogen-bond donors (Lipinski definition) is 0. The van der Waals surface area contributed by atoms with Gasteiger partial charge in [-0.05, 0) is 19.3 Å². The van der Waals surface area contributed by atoms with E-state index in [-0.39, 0.29) is 7.43 Å². The highest BCUT2D eigenvalue weighted by Gasteiger charge is 2.00. The lowest BCUT2D eigenvalue weighted by Gasteiger charge is -1.99. The number of ketones is 1. The van der Waals surface area contributed by atoms with E-state index in [9.17, 15) is 4.79 Å². The maximum absolute atomic E-state index is 10.8. The predicted molar refractivity (Wildman–Crippen MR) is 44.0 cm³/mol. The molecule has 0 atom stereocenters. The minimum absolute atomic E-state index is 0. The summed E-state index contributed by atoms with van der Waals surface area (Å²) >= 11 is 0. The first-order valence-corrected chi connectivity index (χ1v) is 3.56. The van der Waals surface area contributed by atoms with Crippen LogP contribution in [-0.4, -0.2) is 5.78 Å². The average molecular weight is 140 g/mol. The van der Waals surface area contributed by atoms with Gasteiger partial charge in [0.25, 0.3) is 0 Å². The Bertz CT molecular complexity index is 125. The third-order valence-corrected chi connectivity index (χ3v) is 1.58. The van der Waals surface area contributed by atoms with Crippen molar-refractivity contribution in [1.29, 1.82) is 0 Å². The van der Waals surface area contributed by atoms with Crippen molar-refractivity contribution in [3.8, 4) is 0 Å². The summed E-state index contributed by atoms with van der Waals surface area (Å²) in [5.41, 5.74) is 0. The molecular formula is C9H16O. The van der Waals surface area contributed by atoms with Crippen molar-refractivity contribution in [2.24, 2.45) is 0 Å². The van der Waals surface area contributed by atoms with E-state index in [0.717, 1.165) is 32.1 Å². The Balaban J connectivity index is 0.000000810. The molecule has 1 rings (SSSR count). The van der Waals surface area contributed by atoms with Crippen LogP contribution in [0, 0.1) is 0 Å². The van der Waals surface area contributed by atoms with Crippen LogP contribution in [0.2, 0.25) is 0 Å². The van der Waals surface area contributed by atoms with Gasteiger partial charge in [-0.15, -0.1) is 0 Å². The number of rotatable bonds is 0. The molecule has 0 fully saturated rings. The Morgan fingerprint density at radius 2 is 1.80 bits per heavy atom. The van der Waals surface area contributed by atoms with Gasteiger partial charge in [0, 0.05) is 12.8 Å². The highest BCUT2D eigenvalue weighted by molar-refractivity contribution is 5.78. The molecule has 0 aromatic carbocycles. The Hall–Kier alpha value is -0.590. The molecule has 0 spiro atoms. The van der Waals surface area contributed by atoms with Crippen LogP contribution in [0.4, 0.5) is 0 Å². The van der Waals surface area contributed by atoms with E-state index in [1.165, 1.54) is 0 Å². The van der Waals surface area contributed by atoms with Gasteiger partial charge in [0.2, 0.25) is 0 Å². The van der Waals surface area contributed by atoms with E-state index in [4.69, 9.17) is 0 Å². The summed E-state index contributed by atoms with van der Waals surface area (Å²) < 4.78 is 0. The summed E-state index contributed by atoms with van der Waals surface area (Å²) in [6.45, 7) is 0. The smallest absolute Gasteiger partial charge is 0.133 e. The number of hydrogen-bond acceptors (Lipinski definition) is 1. The van der Waals surface area contributed by atoms with Crippen molar-refractivity contribution in [3.63, 3.8) is 0 Å². The zero-order chi connectivity index (χ0) is 6.53. The van der Waals surface area contributed by atoms with E-state index >= 15 is 0 Å². The normalized spacial score (nSPS) is 22.2. The van der Waals surface area contributed by atoms with Gasteiger partial charge in [0.05, 0.1) is 0 Å². The van der Waals surface area contributed by atoms with Crippen molar-refractivity contribution >= 4 is 5.78 Å². The van der Waals surface area contributed by atoms with Gasteiger partial charge in [0.15, 0.2) is 0 Å². The van der Waals surface area contributed by atoms with E-state index in [2.05, 4.69) is 12.2 Å². The molecule has 0 radical (unpaired) electrons. The topological polar surface area (TPSA) is 17.1 Å². The van der Waals surface area contributed by atoms with Crippen LogP contribution in [0.15, 0.2) is 12.2 Å². The van der Waals surface area contributed by atoms with Gasteiger partial charge in [-0.2, -0.15) is 0 Å². The molecule has 1 heteroatoms. The molecule has 0 N–H and O–H groups in total. The van der Waals surface area contributed by atoms with Crippen LogP contribution < -0.4 is 0 Å². The van der Waals surface area contributed by atoms with Gasteiger partial charge in [0.1, 0.15) is 5.78 Å². The molecule has 0 bridgehead atoms. The Morgan fingerprint density at radius 3 is 2.60 bits per heavy atom. The highest BCUT2D eigenvalue weighted by Crippen LogP contribution is 2.07. The standard InChI is InChI=1S/C8H12O.CH4/c9-8-6-4-2-1-3-5-7-8;/h1-2H,3-7H2;1H4/b2-1-;. The predicted octanol–water partition coefficient (Wildman–Crippen LogP) is 2.71. The maximum Gasteiger partial charge on any atom is 0.133 e. The summed E-state index contributed by atoms with van der Waals surface area (Å²) in [5.74, 6) is 0.430. The average Bonchev–Trinajstić information content (AvgIpc) is 1.79. The van der Waals surface area contributed by atoms with Gasteiger partial charge < -0.3 is 0 Å². The van der Waals surface area contributed by atoms with Gasteiger partial charge >= 0.3 is 0 Å². The van der Waals surface area contributed by atoms with Crippen molar-refractivity contribution in [2.75, 3.05) is 0 Å². The van der Waals surface area contributed by atoms with Crippen LogP contribution in [0.1, 0.15) is 39.5 Å². The van der Waals surface area contributed by atoms with Crippen molar-refractivity contribution in [2.45, 2.75) is 39.5 Å². The quantitative estimate of drug-likeness (QED) is 0.473. The van der Waals surface area contributed by atoms with Crippen LogP contribution >= 0.6 is 0 Å². The van der Waals surface area contributed by atoms with E-state index in [1.807, 2.05) is 0 Å². The molecule has 58 valence electrons. The molecule has 1 nitrogen and oxygen atoms in total. The van der Waals surface area contributed by atoms with Gasteiger partial charge in [-0.3, -0.25) is 4.79 Å². The first-order chi connectivity index (χ1) is 4.39. The maximum atomic E-state index is 10.8. The fourth-order valence-electron chi connectivity index (χ4n) is 1.02. The Kier molecular flexibility index (Phi) is 4.91. The molecule has 0 aromatic heterocycles. The molecule has 10 heavy (non-hydrogen) atoms. The number of carbonyl (C=O) groups excluding carboxylic acids is 1. The second-order valence-electron chi connectivity index (χ2n) is 2.44. The molecular weight excluding hydrogens is 124 g/mol. The SMILES string of the molecule is C.O=C1CC/C=C\CCC1. The molecule has 0 heterocycles. The Morgan fingerprint density at radius 1 is 1.10 bits per heavy atom. The van der Waals surface area contributed by atoms with Gasteiger partial charge in [-0.1, -0.05) is 19.6 Å². The zero-order valence-corrected chi connectivity index (χ0v) is 5.60. The molecule has 0 aromatic rings. The largest absolute Gasteiger partial charge is 0.300 e. The first kappa shape index (κ1) is 9.41. The third-order valence-electron chi connectivity index (χ3n) is 1.58. The monoisotopic (exact) mass is 140 g/mol. The second-order valence-corrected chi connectivity index (χ2v) is 2.44. The first-order valence-electron chi connectivity index (χ1n) is 3.56. The lowest BCUT2D eigenvalue weighted by atomic mass is 10.1. The van der Waals surface area contributed by atoms with Gasteiger partial charge in [-0.25, -0.2) is 0 Å². The molecule has 0 unspecified atom stereocenters. The molecule has 0 saturated heterocycles. The minimum atomic E-state index is 0. The van der Waals surface area contributed by atoms with Crippen molar-refractivity contribution < 1.29 is 4.79 Å². The zero-order valence-electron chi connectivity index (χ0n) is 5.60. The third kappa shape index (κ3) is 3.44. The second kappa shape index (κ2) is 5.21. The van der Waals surface area contributed by atoms with Crippen LogP contribution in [0.5, 0.6) is 0 Å². The van der Waals surface area contributed by atoms with Crippen LogP contribution in [-0.2, 0) is 4.79 Å². The lowest BCUT2D eigenvalue weighted by molar-refractivity contribution is -0.119. The molecule has 0 amide bonds. The van der Waals surface area contributed by atoms with Crippen LogP contribution in [0.3, 0.4) is 0 Å². The fraction of sp³-hybridized carbons (Fsp3) is 0.667. The van der Waals surface area contributed by atoms with E-state index in [0.29, 0.717) is 5.78 Å². The highest BCUT2D eigenvalue weighted by atomic mass is 16.1. The minimum Gasteiger partial charge on any atom is -0.300 e.